The van der Waals surface area contributed by atoms with Crippen LogP contribution in [0.2, 0.25) is 0 Å². The van der Waals surface area contributed by atoms with E-state index in [1.54, 1.807) is 0 Å². The number of aromatic nitrogens is 2. The van der Waals surface area contributed by atoms with Gasteiger partial charge in [0.2, 0.25) is 0 Å². The molecule has 1 aromatic carbocycles. The monoisotopic (exact) mass is 247 g/mol. The molecule has 18 heavy (non-hydrogen) atoms. The first-order chi connectivity index (χ1) is 8.83. The number of nitrogens with zero attached hydrogens (tertiary/aromatic N) is 2. The highest BCUT2D eigenvalue weighted by Gasteiger charge is 2.17. The third-order valence-corrected chi connectivity index (χ3v) is 3.16. The van der Waals surface area contributed by atoms with E-state index >= 15 is 0 Å². The fraction of sp³-hybridized carbons (Fsp3) is 0.462. The molecule has 5 nitrogen and oxygen atoms in total. The zero-order chi connectivity index (χ0) is 12.5. The number of hydrogen-bond acceptors (Lipinski definition) is 4. The Kier molecular flexibility index (Phi) is 2.83. The van der Waals surface area contributed by atoms with E-state index in [0.29, 0.717) is 19.8 Å². The van der Waals surface area contributed by atoms with Crippen molar-refractivity contribution in [2.24, 2.45) is 5.73 Å². The first-order valence-electron chi connectivity index (χ1n) is 6.32. The van der Waals surface area contributed by atoms with E-state index in [1.165, 1.54) is 0 Å². The zero-order valence-corrected chi connectivity index (χ0v) is 10.5. The fourth-order valence-corrected chi connectivity index (χ4v) is 2.36. The standard InChI is InChI=1S/C13H17N3O2/c1-2-13-15-9-7-11-12(18-6-5-17-11)8-10(9)16(13)4-3-14/h7-8H,2-6,14H2,1H3. The number of aryl methyl sites for hydroxylation is 1. The van der Waals surface area contributed by atoms with Crippen LogP contribution in [-0.4, -0.2) is 29.3 Å². The third-order valence-electron chi connectivity index (χ3n) is 3.16. The van der Waals surface area contributed by atoms with Crippen molar-refractivity contribution < 1.29 is 9.47 Å². The number of fused-ring (bicyclic) bond motifs is 2. The van der Waals surface area contributed by atoms with Gasteiger partial charge in [0.1, 0.15) is 19.0 Å². The van der Waals surface area contributed by atoms with E-state index in [2.05, 4.69) is 16.5 Å². The van der Waals surface area contributed by atoms with Crippen LogP contribution in [-0.2, 0) is 13.0 Å². The highest BCUT2D eigenvalue weighted by atomic mass is 16.6. The molecule has 2 aromatic rings. The summed E-state index contributed by atoms with van der Waals surface area (Å²) in [6.07, 6.45) is 0.890. The Morgan fingerprint density at radius 1 is 1.28 bits per heavy atom. The van der Waals surface area contributed by atoms with Gasteiger partial charge in [-0.15, -0.1) is 0 Å². The summed E-state index contributed by atoms with van der Waals surface area (Å²) >= 11 is 0. The number of rotatable bonds is 3. The molecule has 5 heteroatoms. The smallest absolute Gasteiger partial charge is 0.163 e. The molecule has 0 amide bonds. The van der Waals surface area contributed by atoms with Crippen molar-refractivity contribution in [1.29, 1.82) is 0 Å². The largest absolute Gasteiger partial charge is 0.486 e. The van der Waals surface area contributed by atoms with Crippen LogP contribution in [0, 0.1) is 0 Å². The molecular weight excluding hydrogens is 230 g/mol. The molecule has 0 saturated carbocycles. The topological polar surface area (TPSA) is 62.3 Å². The van der Waals surface area contributed by atoms with Crippen LogP contribution in [0.25, 0.3) is 11.0 Å². The van der Waals surface area contributed by atoms with E-state index in [1.807, 2.05) is 12.1 Å². The van der Waals surface area contributed by atoms with E-state index in [9.17, 15) is 0 Å². The first-order valence-corrected chi connectivity index (χ1v) is 6.32. The Morgan fingerprint density at radius 3 is 2.67 bits per heavy atom. The third kappa shape index (κ3) is 1.71. The van der Waals surface area contributed by atoms with Crippen LogP contribution in [0.15, 0.2) is 12.1 Å². The van der Waals surface area contributed by atoms with E-state index in [4.69, 9.17) is 15.2 Å². The molecule has 1 aliphatic rings. The first kappa shape index (κ1) is 11.3. The fourth-order valence-electron chi connectivity index (χ4n) is 2.36. The lowest BCUT2D eigenvalue weighted by atomic mass is 10.2. The molecule has 1 aromatic heterocycles. The molecule has 0 radical (unpaired) electrons. The quantitative estimate of drug-likeness (QED) is 0.888. The Morgan fingerprint density at radius 2 is 2.00 bits per heavy atom. The maximum Gasteiger partial charge on any atom is 0.163 e. The van der Waals surface area contributed by atoms with Gasteiger partial charge in [-0.2, -0.15) is 0 Å². The van der Waals surface area contributed by atoms with Crippen LogP contribution in [0.1, 0.15) is 12.7 Å². The van der Waals surface area contributed by atoms with Crippen molar-refractivity contribution in [2.75, 3.05) is 19.8 Å². The molecular formula is C13H17N3O2. The van der Waals surface area contributed by atoms with E-state index in [-0.39, 0.29) is 0 Å². The average Bonchev–Trinajstić information content (AvgIpc) is 2.74. The van der Waals surface area contributed by atoms with Crippen molar-refractivity contribution >= 4 is 11.0 Å². The Labute approximate surface area is 106 Å². The lowest BCUT2D eigenvalue weighted by Crippen LogP contribution is -2.15. The highest BCUT2D eigenvalue weighted by Crippen LogP contribution is 2.34. The van der Waals surface area contributed by atoms with Gasteiger partial charge in [-0.25, -0.2) is 4.98 Å². The second kappa shape index (κ2) is 4.49. The normalized spacial score (nSPS) is 14.1. The predicted octanol–water partition coefficient (Wildman–Crippen LogP) is 1.33. The van der Waals surface area contributed by atoms with Gasteiger partial charge in [-0.1, -0.05) is 6.92 Å². The second-order valence-electron chi connectivity index (χ2n) is 4.31. The molecule has 3 rings (SSSR count). The zero-order valence-electron chi connectivity index (χ0n) is 10.5. The summed E-state index contributed by atoms with van der Waals surface area (Å²) in [6.45, 7) is 4.68. The molecule has 0 unspecified atom stereocenters. The van der Waals surface area contributed by atoms with Crippen LogP contribution >= 0.6 is 0 Å². The molecule has 0 bridgehead atoms. The van der Waals surface area contributed by atoms with Gasteiger partial charge >= 0.3 is 0 Å². The molecule has 0 saturated heterocycles. The predicted molar refractivity (Wildman–Crippen MR) is 69.2 cm³/mol. The summed E-state index contributed by atoms with van der Waals surface area (Å²) in [5, 5.41) is 0. The van der Waals surface area contributed by atoms with Crippen molar-refractivity contribution in [3.63, 3.8) is 0 Å². The summed E-state index contributed by atoms with van der Waals surface area (Å²) < 4.78 is 13.3. The summed E-state index contributed by atoms with van der Waals surface area (Å²) in [5.74, 6) is 2.64. The molecule has 96 valence electrons. The lowest BCUT2D eigenvalue weighted by molar-refractivity contribution is 0.172. The van der Waals surface area contributed by atoms with Crippen molar-refractivity contribution in [2.45, 2.75) is 19.9 Å². The van der Waals surface area contributed by atoms with Gasteiger partial charge in [-0.3, -0.25) is 0 Å². The average molecular weight is 247 g/mol. The SMILES string of the molecule is CCc1nc2cc3c(cc2n1CCN)OCCO3. The maximum atomic E-state index is 5.67. The van der Waals surface area contributed by atoms with E-state index < -0.39 is 0 Å². The van der Waals surface area contributed by atoms with Crippen LogP contribution in [0.5, 0.6) is 11.5 Å². The molecule has 2 N–H and O–H groups in total. The van der Waals surface area contributed by atoms with Crippen molar-refractivity contribution in [1.82, 2.24) is 9.55 Å². The number of hydrogen-bond donors (Lipinski definition) is 1. The molecule has 0 spiro atoms. The van der Waals surface area contributed by atoms with Gasteiger partial charge in [0, 0.05) is 31.6 Å². The molecule has 0 aliphatic carbocycles. The molecule has 1 aliphatic heterocycles. The Bertz CT molecular complexity index is 577. The second-order valence-corrected chi connectivity index (χ2v) is 4.31. The minimum atomic E-state index is 0.600. The van der Waals surface area contributed by atoms with Crippen molar-refractivity contribution in [3.8, 4) is 11.5 Å². The minimum absolute atomic E-state index is 0.600. The van der Waals surface area contributed by atoms with Gasteiger partial charge in [-0.05, 0) is 0 Å². The molecule has 2 heterocycles. The molecule has 0 fully saturated rings. The summed E-state index contributed by atoms with van der Waals surface area (Å²) in [5.41, 5.74) is 7.69. The summed E-state index contributed by atoms with van der Waals surface area (Å²) in [7, 11) is 0. The van der Waals surface area contributed by atoms with Gasteiger partial charge in [0.15, 0.2) is 11.5 Å². The number of ether oxygens (including phenoxy) is 2. The number of nitrogens with two attached hydrogens (primary N) is 1. The van der Waals surface area contributed by atoms with Crippen LogP contribution < -0.4 is 15.2 Å². The molecule has 0 atom stereocenters. The number of benzene rings is 1. The maximum absolute atomic E-state index is 5.67. The highest BCUT2D eigenvalue weighted by molar-refractivity contribution is 5.80. The summed E-state index contributed by atoms with van der Waals surface area (Å²) in [4.78, 5) is 4.63. The summed E-state index contributed by atoms with van der Waals surface area (Å²) in [6, 6.07) is 3.96. The minimum Gasteiger partial charge on any atom is -0.486 e. The van der Waals surface area contributed by atoms with Gasteiger partial charge in [0.05, 0.1) is 11.0 Å². The van der Waals surface area contributed by atoms with Crippen molar-refractivity contribution in [3.05, 3.63) is 18.0 Å². The Hall–Kier alpha value is -1.75. The van der Waals surface area contributed by atoms with Crippen LogP contribution in [0.3, 0.4) is 0 Å². The lowest BCUT2D eigenvalue weighted by Gasteiger charge is -2.18. The number of imidazole rings is 1. The van der Waals surface area contributed by atoms with Gasteiger partial charge in [0.25, 0.3) is 0 Å². The van der Waals surface area contributed by atoms with Crippen LogP contribution in [0.4, 0.5) is 0 Å². The van der Waals surface area contributed by atoms with E-state index in [0.717, 1.165) is 41.3 Å². The Balaban J connectivity index is 2.19. The van der Waals surface area contributed by atoms with Gasteiger partial charge < -0.3 is 19.8 Å².